The van der Waals surface area contributed by atoms with Crippen LogP contribution in [0, 0.1) is 17.6 Å². The molecule has 5 nitrogen and oxygen atoms in total. The van der Waals surface area contributed by atoms with Gasteiger partial charge in [0.05, 0.1) is 0 Å². The number of ether oxygens (including phenoxy) is 1. The van der Waals surface area contributed by atoms with Crippen LogP contribution in [0.5, 0.6) is 5.75 Å². The van der Waals surface area contributed by atoms with E-state index in [4.69, 9.17) is 4.74 Å². The molecule has 1 aliphatic heterocycles. The van der Waals surface area contributed by atoms with Crippen LogP contribution in [-0.4, -0.2) is 42.9 Å². The van der Waals surface area contributed by atoms with Gasteiger partial charge in [0.15, 0.2) is 11.6 Å². The summed E-state index contributed by atoms with van der Waals surface area (Å²) in [5.41, 5.74) is 0. The first-order valence-electron chi connectivity index (χ1n) is 7.72. The highest BCUT2D eigenvalue weighted by Gasteiger charge is 2.24. The molecule has 136 valence electrons. The van der Waals surface area contributed by atoms with Crippen molar-refractivity contribution in [3.8, 4) is 5.75 Å². The Hall–Kier alpha value is -1.44. The number of benzene rings is 1. The zero-order chi connectivity index (χ0) is 16.8. The number of rotatable bonds is 6. The molecule has 1 aliphatic rings. The van der Waals surface area contributed by atoms with E-state index >= 15 is 0 Å². The van der Waals surface area contributed by atoms with Crippen LogP contribution >= 0.6 is 12.4 Å². The van der Waals surface area contributed by atoms with Crippen molar-refractivity contribution >= 4 is 18.3 Å². The van der Waals surface area contributed by atoms with Gasteiger partial charge in [0.2, 0.25) is 5.91 Å². The van der Waals surface area contributed by atoms with Gasteiger partial charge in [-0.3, -0.25) is 4.79 Å². The van der Waals surface area contributed by atoms with Gasteiger partial charge in [0.25, 0.3) is 0 Å². The molecule has 2 rings (SSSR count). The second kappa shape index (κ2) is 9.76. The van der Waals surface area contributed by atoms with Crippen LogP contribution in [0.4, 0.5) is 8.78 Å². The van der Waals surface area contributed by atoms with Crippen LogP contribution in [-0.2, 0) is 4.79 Å². The van der Waals surface area contributed by atoms with Crippen molar-refractivity contribution < 1.29 is 23.4 Å². The average molecular weight is 365 g/mol. The van der Waals surface area contributed by atoms with Crippen LogP contribution in [0.1, 0.15) is 19.8 Å². The third-order valence-electron chi connectivity index (χ3n) is 3.84. The largest absolute Gasteiger partial charge is 0.491 e. The zero-order valence-electron chi connectivity index (χ0n) is 13.4. The third kappa shape index (κ3) is 6.22. The Balaban J connectivity index is 0.00000288. The normalized spacial score (nSPS) is 21.5. The van der Waals surface area contributed by atoms with Crippen molar-refractivity contribution in [2.24, 2.45) is 5.92 Å². The summed E-state index contributed by atoms with van der Waals surface area (Å²) in [7, 11) is 0. The van der Waals surface area contributed by atoms with E-state index in [0.29, 0.717) is 6.04 Å². The molecular formula is C16H23ClF2N2O3. The van der Waals surface area contributed by atoms with Crippen LogP contribution < -0.4 is 15.4 Å². The lowest BCUT2D eigenvalue weighted by Crippen LogP contribution is -2.44. The lowest BCUT2D eigenvalue weighted by Gasteiger charge is -2.27. The molecule has 1 saturated heterocycles. The Morgan fingerprint density at radius 2 is 2.21 bits per heavy atom. The topological polar surface area (TPSA) is 70.6 Å². The van der Waals surface area contributed by atoms with Crippen LogP contribution in [0.2, 0.25) is 0 Å². The summed E-state index contributed by atoms with van der Waals surface area (Å²) in [5, 5.41) is 15.8. The third-order valence-corrected chi connectivity index (χ3v) is 3.84. The minimum atomic E-state index is -1.01. The first-order chi connectivity index (χ1) is 11.0. The molecule has 3 N–H and O–H groups in total. The summed E-state index contributed by atoms with van der Waals surface area (Å²) in [5.74, 6) is -1.97. The molecule has 1 unspecified atom stereocenters. The molecule has 0 radical (unpaired) electrons. The summed E-state index contributed by atoms with van der Waals surface area (Å²) in [4.78, 5) is 12.0. The van der Waals surface area contributed by atoms with E-state index < -0.39 is 17.7 Å². The number of piperidine rings is 1. The number of halogens is 3. The van der Waals surface area contributed by atoms with E-state index in [1.807, 2.05) is 6.92 Å². The summed E-state index contributed by atoms with van der Waals surface area (Å²) in [6.45, 7) is 2.78. The number of nitrogens with one attached hydrogen (secondary N) is 2. The van der Waals surface area contributed by atoms with Crippen LogP contribution in [0.25, 0.3) is 0 Å². The second-order valence-electron chi connectivity index (χ2n) is 5.86. The molecule has 0 aliphatic carbocycles. The van der Waals surface area contributed by atoms with Crippen molar-refractivity contribution in [1.29, 1.82) is 0 Å². The van der Waals surface area contributed by atoms with Gasteiger partial charge in [-0.15, -0.1) is 12.4 Å². The Kier molecular flexibility index (Phi) is 8.38. The molecule has 3 atom stereocenters. The molecule has 1 aromatic rings. The number of amides is 1. The molecule has 0 spiro atoms. The highest BCUT2D eigenvalue weighted by molar-refractivity contribution is 5.85. The molecule has 1 aromatic carbocycles. The zero-order valence-corrected chi connectivity index (χ0v) is 14.2. The maximum absolute atomic E-state index is 13.0. The molecule has 8 heteroatoms. The summed E-state index contributed by atoms with van der Waals surface area (Å²) in [6, 6.07) is 3.45. The van der Waals surface area contributed by atoms with Crippen molar-refractivity contribution in [2.75, 3.05) is 19.7 Å². The summed E-state index contributed by atoms with van der Waals surface area (Å²) >= 11 is 0. The minimum absolute atomic E-state index is 0. The standard InChI is InChI=1S/C16H22F2N2O3.ClH/c1-10-6-11(4-5-19-10)16(22)20-8-12(21)9-23-13-2-3-14(17)15(18)7-13;/h2-3,7,10-12,19,21H,4-6,8-9H2,1H3,(H,20,22);1H/t10-,11-,12?;/m0./s1. The quantitative estimate of drug-likeness (QED) is 0.717. The molecule has 0 bridgehead atoms. The number of hydrogen-bond acceptors (Lipinski definition) is 4. The predicted molar refractivity (Wildman–Crippen MR) is 88.3 cm³/mol. The maximum Gasteiger partial charge on any atom is 0.223 e. The van der Waals surface area contributed by atoms with E-state index in [-0.39, 0.29) is 43.1 Å². The molecule has 0 saturated carbocycles. The van der Waals surface area contributed by atoms with Gasteiger partial charge in [0.1, 0.15) is 18.5 Å². The Morgan fingerprint density at radius 3 is 2.88 bits per heavy atom. The van der Waals surface area contributed by atoms with Crippen molar-refractivity contribution in [2.45, 2.75) is 31.9 Å². The van der Waals surface area contributed by atoms with Gasteiger partial charge in [-0.25, -0.2) is 8.78 Å². The van der Waals surface area contributed by atoms with E-state index in [2.05, 4.69) is 10.6 Å². The molecule has 1 amide bonds. The Bertz CT molecular complexity index is 548. The summed E-state index contributed by atoms with van der Waals surface area (Å²) in [6.07, 6.45) is 0.622. The van der Waals surface area contributed by atoms with E-state index in [1.54, 1.807) is 0 Å². The lowest BCUT2D eigenvalue weighted by atomic mass is 9.92. The van der Waals surface area contributed by atoms with Gasteiger partial charge in [-0.05, 0) is 38.4 Å². The predicted octanol–water partition coefficient (Wildman–Crippen LogP) is 1.63. The van der Waals surface area contributed by atoms with Gasteiger partial charge in [-0.2, -0.15) is 0 Å². The molecule has 1 heterocycles. The monoisotopic (exact) mass is 364 g/mol. The first kappa shape index (κ1) is 20.6. The Labute approximate surface area is 146 Å². The second-order valence-corrected chi connectivity index (χ2v) is 5.86. The van der Waals surface area contributed by atoms with Gasteiger partial charge in [0, 0.05) is 24.6 Å². The fraction of sp³-hybridized carbons (Fsp3) is 0.562. The minimum Gasteiger partial charge on any atom is -0.491 e. The van der Waals surface area contributed by atoms with Crippen LogP contribution in [0.15, 0.2) is 18.2 Å². The molecule has 1 fully saturated rings. The highest BCUT2D eigenvalue weighted by Crippen LogP contribution is 2.17. The van der Waals surface area contributed by atoms with E-state index in [1.165, 1.54) is 6.07 Å². The molecule has 0 aromatic heterocycles. The van der Waals surface area contributed by atoms with Gasteiger partial charge >= 0.3 is 0 Å². The number of carbonyl (C=O) groups is 1. The number of aliphatic hydroxyl groups is 1. The lowest BCUT2D eigenvalue weighted by molar-refractivity contribution is -0.126. The molecule has 24 heavy (non-hydrogen) atoms. The Morgan fingerprint density at radius 1 is 1.46 bits per heavy atom. The number of aliphatic hydroxyl groups excluding tert-OH is 1. The number of hydrogen-bond donors (Lipinski definition) is 3. The highest BCUT2D eigenvalue weighted by atomic mass is 35.5. The molecular weight excluding hydrogens is 342 g/mol. The SMILES string of the molecule is C[C@H]1C[C@@H](C(=O)NCC(O)COc2ccc(F)c(F)c2)CCN1.Cl. The number of carbonyl (C=O) groups excluding carboxylic acids is 1. The fourth-order valence-electron chi connectivity index (χ4n) is 2.55. The summed E-state index contributed by atoms with van der Waals surface area (Å²) < 4.78 is 31.0. The fourth-order valence-corrected chi connectivity index (χ4v) is 2.55. The van der Waals surface area contributed by atoms with Gasteiger partial charge < -0.3 is 20.5 Å². The maximum atomic E-state index is 13.0. The van der Waals surface area contributed by atoms with Crippen molar-refractivity contribution in [1.82, 2.24) is 10.6 Å². The first-order valence-corrected chi connectivity index (χ1v) is 7.72. The van der Waals surface area contributed by atoms with E-state index in [0.717, 1.165) is 31.5 Å². The van der Waals surface area contributed by atoms with Crippen molar-refractivity contribution in [3.05, 3.63) is 29.8 Å². The average Bonchev–Trinajstić information content (AvgIpc) is 2.53. The van der Waals surface area contributed by atoms with Gasteiger partial charge in [-0.1, -0.05) is 0 Å². The van der Waals surface area contributed by atoms with Crippen LogP contribution in [0.3, 0.4) is 0 Å². The van der Waals surface area contributed by atoms with E-state index in [9.17, 15) is 18.7 Å². The smallest absolute Gasteiger partial charge is 0.223 e. The van der Waals surface area contributed by atoms with Crippen molar-refractivity contribution in [3.63, 3.8) is 0 Å².